The topological polar surface area (TPSA) is 84.9 Å². The van der Waals surface area contributed by atoms with Crippen molar-refractivity contribution in [3.8, 4) is 11.5 Å². The summed E-state index contributed by atoms with van der Waals surface area (Å²) in [6.07, 6.45) is 0. The van der Waals surface area contributed by atoms with Crippen molar-refractivity contribution in [1.82, 2.24) is 9.62 Å². The van der Waals surface area contributed by atoms with E-state index in [2.05, 4.69) is 5.32 Å². The smallest absolute Gasteiger partial charge is 0.251 e. The van der Waals surface area contributed by atoms with Gasteiger partial charge in [0, 0.05) is 24.7 Å². The van der Waals surface area contributed by atoms with E-state index in [0.29, 0.717) is 11.5 Å². The predicted octanol–water partition coefficient (Wildman–Crippen LogP) is 2.53. The zero-order valence-corrected chi connectivity index (χ0v) is 17.3. The molecule has 8 heteroatoms. The minimum atomic E-state index is -3.65. The summed E-state index contributed by atoms with van der Waals surface area (Å²) in [4.78, 5) is 12.4. The molecule has 0 saturated heterocycles. The van der Waals surface area contributed by atoms with Gasteiger partial charge in [0.1, 0.15) is 18.1 Å². The van der Waals surface area contributed by atoms with Crippen molar-refractivity contribution in [3.63, 3.8) is 0 Å². The van der Waals surface area contributed by atoms with Crippen LogP contribution in [-0.2, 0) is 10.0 Å². The van der Waals surface area contributed by atoms with E-state index in [-0.39, 0.29) is 35.6 Å². The van der Waals surface area contributed by atoms with Crippen LogP contribution in [0.3, 0.4) is 0 Å². The summed E-state index contributed by atoms with van der Waals surface area (Å²) in [6, 6.07) is 13.0. The lowest BCUT2D eigenvalue weighted by Gasteiger charge is -2.21. The minimum Gasteiger partial charge on any atom is -0.497 e. The average molecular weight is 407 g/mol. The molecule has 0 atom stereocenters. The van der Waals surface area contributed by atoms with Gasteiger partial charge >= 0.3 is 0 Å². The second-order valence-corrected chi connectivity index (χ2v) is 8.42. The summed E-state index contributed by atoms with van der Waals surface area (Å²) in [7, 11) is -0.553. The normalized spacial score (nSPS) is 11.5. The van der Waals surface area contributed by atoms with Gasteiger partial charge in [-0.3, -0.25) is 4.79 Å². The van der Waals surface area contributed by atoms with Crippen molar-refractivity contribution in [1.29, 1.82) is 0 Å². The van der Waals surface area contributed by atoms with Crippen molar-refractivity contribution < 1.29 is 22.7 Å². The molecule has 0 unspecified atom stereocenters. The summed E-state index contributed by atoms with van der Waals surface area (Å²) >= 11 is 0. The number of sulfonamides is 1. The fourth-order valence-electron chi connectivity index (χ4n) is 2.37. The van der Waals surface area contributed by atoms with Crippen LogP contribution < -0.4 is 14.8 Å². The molecule has 0 bridgehead atoms. The van der Waals surface area contributed by atoms with Crippen LogP contribution in [0.5, 0.6) is 11.5 Å². The van der Waals surface area contributed by atoms with E-state index in [1.165, 1.54) is 23.5 Å². The molecule has 0 aliphatic rings. The lowest BCUT2D eigenvalue weighted by Crippen LogP contribution is -2.33. The lowest BCUT2D eigenvalue weighted by molar-refractivity contribution is 0.0946. The van der Waals surface area contributed by atoms with E-state index in [0.717, 1.165) is 0 Å². The maximum absolute atomic E-state index is 12.6. The molecule has 0 saturated carbocycles. The molecule has 2 aromatic rings. The van der Waals surface area contributed by atoms with Gasteiger partial charge in [-0.05, 0) is 44.2 Å². The van der Waals surface area contributed by atoms with Crippen LogP contribution in [0.2, 0.25) is 0 Å². The largest absolute Gasteiger partial charge is 0.497 e. The molecule has 2 aromatic carbocycles. The molecule has 1 N–H and O–H groups in total. The van der Waals surface area contributed by atoms with Gasteiger partial charge < -0.3 is 14.8 Å². The molecule has 0 aliphatic carbocycles. The first kappa shape index (κ1) is 21.7. The maximum Gasteiger partial charge on any atom is 0.251 e. The van der Waals surface area contributed by atoms with E-state index >= 15 is 0 Å². The summed E-state index contributed by atoms with van der Waals surface area (Å²) in [5.41, 5.74) is 0.277. The van der Waals surface area contributed by atoms with Crippen LogP contribution in [0.1, 0.15) is 24.2 Å². The molecule has 0 aromatic heterocycles. The van der Waals surface area contributed by atoms with E-state index < -0.39 is 10.0 Å². The molecule has 0 aliphatic heterocycles. The third-order valence-corrected chi connectivity index (χ3v) is 6.23. The summed E-state index contributed by atoms with van der Waals surface area (Å²) < 4.78 is 37.1. The number of nitrogens with zero attached hydrogens (tertiary/aromatic N) is 1. The highest BCUT2D eigenvalue weighted by molar-refractivity contribution is 7.89. The van der Waals surface area contributed by atoms with Gasteiger partial charge in [-0.2, -0.15) is 4.31 Å². The van der Waals surface area contributed by atoms with Gasteiger partial charge in [-0.1, -0.05) is 12.1 Å². The number of hydrogen-bond donors (Lipinski definition) is 1. The Bertz CT molecular complexity index is 912. The highest BCUT2D eigenvalue weighted by atomic mass is 32.2. The van der Waals surface area contributed by atoms with Crippen molar-refractivity contribution in [3.05, 3.63) is 54.1 Å². The van der Waals surface area contributed by atoms with E-state index in [9.17, 15) is 13.2 Å². The Morgan fingerprint density at radius 2 is 1.79 bits per heavy atom. The Balaban J connectivity index is 1.96. The monoisotopic (exact) mass is 406 g/mol. The molecule has 0 spiro atoms. The van der Waals surface area contributed by atoms with Crippen molar-refractivity contribution in [2.75, 3.05) is 27.3 Å². The maximum atomic E-state index is 12.6. The van der Waals surface area contributed by atoms with Crippen LogP contribution in [0.15, 0.2) is 53.4 Å². The predicted molar refractivity (Wildman–Crippen MR) is 107 cm³/mol. The van der Waals surface area contributed by atoms with Crippen molar-refractivity contribution in [2.45, 2.75) is 24.8 Å². The van der Waals surface area contributed by atoms with Crippen LogP contribution >= 0.6 is 0 Å². The van der Waals surface area contributed by atoms with E-state index in [1.807, 2.05) is 12.1 Å². The average Bonchev–Trinajstić information content (AvgIpc) is 2.70. The van der Waals surface area contributed by atoms with E-state index in [1.54, 1.807) is 45.2 Å². The summed E-state index contributed by atoms with van der Waals surface area (Å²) in [6.45, 7) is 4.12. The second-order valence-electron chi connectivity index (χ2n) is 6.43. The van der Waals surface area contributed by atoms with Crippen molar-refractivity contribution >= 4 is 15.9 Å². The molecular weight excluding hydrogens is 380 g/mol. The molecule has 152 valence electrons. The Kier molecular flexibility index (Phi) is 7.42. The fourth-order valence-corrected chi connectivity index (χ4v) is 3.78. The number of carbonyl (C=O) groups excluding carboxylic acids is 1. The third-order valence-electron chi connectivity index (χ3n) is 4.20. The Hall–Kier alpha value is -2.58. The minimum absolute atomic E-state index is 0.0870. The first-order valence-electron chi connectivity index (χ1n) is 8.89. The molecule has 7 nitrogen and oxygen atoms in total. The summed E-state index contributed by atoms with van der Waals surface area (Å²) in [5, 5.41) is 2.72. The Morgan fingerprint density at radius 3 is 2.46 bits per heavy atom. The quantitative estimate of drug-likeness (QED) is 0.647. The Morgan fingerprint density at radius 1 is 1.11 bits per heavy atom. The SMILES string of the molecule is COc1cccc(OCCNC(=O)c2cccc(S(=O)(=O)N(C)C(C)C)c2)c1. The molecular formula is C20H26N2O5S. The fraction of sp³-hybridized carbons (Fsp3) is 0.350. The van der Waals surface area contributed by atoms with Crippen molar-refractivity contribution in [2.24, 2.45) is 0 Å². The van der Waals surface area contributed by atoms with Gasteiger partial charge in [0.15, 0.2) is 0 Å². The molecule has 0 radical (unpaired) electrons. The van der Waals surface area contributed by atoms with Crippen LogP contribution in [0, 0.1) is 0 Å². The number of amides is 1. The van der Waals surface area contributed by atoms with E-state index in [4.69, 9.17) is 9.47 Å². The molecule has 2 rings (SSSR count). The van der Waals surface area contributed by atoms with Crippen LogP contribution in [0.25, 0.3) is 0 Å². The van der Waals surface area contributed by atoms with Crippen LogP contribution in [-0.4, -0.2) is 52.0 Å². The lowest BCUT2D eigenvalue weighted by atomic mass is 10.2. The first-order chi connectivity index (χ1) is 13.3. The summed E-state index contributed by atoms with van der Waals surface area (Å²) in [5.74, 6) is 0.961. The second kappa shape index (κ2) is 9.57. The standard InChI is InChI=1S/C20H26N2O5S/c1-15(2)22(3)28(24,25)19-10-5-7-16(13-19)20(23)21-11-12-27-18-9-6-8-17(14-18)26-4/h5-10,13-15H,11-12H2,1-4H3,(H,21,23). The zero-order valence-electron chi connectivity index (χ0n) is 16.5. The number of ether oxygens (including phenoxy) is 2. The van der Waals surface area contributed by atoms with Gasteiger partial charge in [0.2, 0.25) is 10.0 Å². The van der Waals surface area contributed by atoms with Gasteiger partial charge in [-0.15, -0.1) is 0 Å². The number of methoxy groups -OCH3 is 1. The highest BCUT2D eigenvalue weighted by Crippen LogP contribution is 2.19. The molecule has 28 heavy (non-hydrogen) atoms. The van der Waals surface area contributed by atoms with Crippen LogP contribution in [0.4, 0.5) is 0 Å². The number of rotatable bonds is 9. The van der Waals surface area contributed by atoms with Gasteiger partial charge in [0.25, 0.3) is 5.91 Å². The molecule has 0 fully saturated rings. The number of hydrogen-bond acceptors (Lipinski definition) is 5. The Labute approximate surface area is 166 Å². The zero-order chi connectivity index (χ0) is 20.7. The highest BCUT2D eigenvalue weighted by Gasteiger charge is 2.23. The van der Waals surface area contributed by atoms with Gasteiger partial charge in [-0.25, -0.2) is 8.42 Å². The molecule has 0 heterocycles. The third kappa shape index (κ3) is 5.46. The number of carbonyl (C=O) groups is 1. The number of benzene rings is 2. The molecule has 1 amide bonds. The number of nitrogens with one attached hydrogen (secondary N) is 1. The van der Waals surface area contributed by atoms with Gasteiger partial charge in [0.05, 0.1) is 18.6 Å². The first-order valence-corrected chi connectivity index (χ1v) is 10.3.